The number of piperidine rings is 1. The molecule has 0 saturated carbocycles. The summed E-state index contributed by atoms with van der Waals surface area (Å²) in [6, 6.07) is 8.42. The van der Waals surface area contributed by atoms with E-state index in [4.69, 9.17) is 4.74 Å². The summed E-state index contributed by atoms with van der Waals surface area (Å²) in [4.78, 5) is 2.56. The number of ether oxygens (including phenoxy) is 1. The molecule has 2 rings (SSSR count). The first-order valence-corrected chi connectivity index (χ1v) is 7.41. The van der Waals surface area contributed by atoms with E-state index < -0.39 is 0 Å². The van der Waals surface area contributed by atoms with Gasteiger partial charge >= 0.3 is 0 Å². The Morgan fingerprint density at radius 1 is 1.35 bits per heavy atom. The van der Waals surface area contributed by atoms with Gasteiger partial charge < -0.3 is 10.1 Å². The maximum atomic E-state index is 5.71. The average molecular weight is 299 g/mol. The van der Waals surface area contributed by atoms with E-state index in [2.05, 4.69) is 34.5 Å². The van der Waals surface area contributed by atoms with Crippen LogP contribution in [0.4, 0.5) is 0 Å². The topological polar surface area (TPSA) is 24.5 Å². The zero-order valence-electron chi connectivity index (χ0n) is 12.6. The summed E-state index contributed by atoms with van der Waals surface area (Å²) in [7, 11) is 2.04. The Morgan fingerprint density at radius 2 is 2.15 bits per heavy atom. The van der Waals surface area contributed by atoms with E-state index in [0.29, 0.717) is 0 Å². The highest BCUT2D eigenvalue weighted by atomic mass is 35.5. The second-order valence-corrected chi connectivity index (χ2v) is 5.34. The molecular weight excluding hydrogens is 272 g/mol. The van der Waals surface area contributed by atoms with E-state index in [1.54, 1.807) is 0 Å². The van der Waals surface area contributed by atoms with E-state index in [1.807, 2.05) is 14.0 Å². The Hall–Kier alpha value is -0.770. The summed E-state index contributed by atoms with van der Waals surface area (Å²) in [5.41, 5.74) is 1.31. The van der Waals surface area contributed by atoms with Gasteiger partial charge in [0.1, 0.15) is 5.75 Å². The van der Waals surface area contributed by atoms with Gasteiger partial charge in [0.2, 0.25) is 0 Å². The minimum absolute atomic E-state index is 0. The molecule has 3 nitrogen and oxygen atoms in total. The van der Waals surface area contributed by atoms with Crippen molar-refractivity contribution in [2.24, 2.45) is 5.92 Å². The molecule has 0 amide bonds. The van der Waals surface area contributed by atoms with E-state index in [-0.39, 0.29) is 12.4 Å². The molecule has 20 heavy (non-hydrogen) atoms. The normalized spacial score (nSPS) is 19.4. The molecule has 0 aromatic heterocycles. The number of nitrogens with one attached hydrogen (secondary N) is 1. The van der Waals surface area contributed by atoms with E-state index in [9.17, 15) is 0 Å². The lowest BCUT2D eigenvalue weighted by Crippen LogP contribution is -2.38. The molecule has 0 spiro atoms. The number of para-hydroxylation sites is 1. The zero-order valence-corrected chi connectivity index (χ0v) is 13.4. The standard InChI is InChI=1S/C16H26N2O.ClH/c1-3-19-16-9-5-4-8-15(16)13-18-10-6-7-14(12-18)11-17-2;/h4-5,8-9,14,17H,3,6-7,10-13H2,1-2H3;1H. The highest BCUT2D eigenvalue weighted by Crippen LogP contribution is 2.23. The summed E-state index contributed by atoms with van der Waals surface area (Å²) >= 11 is 0. The molecule has 1 N–H and O–H groups in total. The largest absolute Gasteiger partial charge is 0.494 e. The van der Waals surface area contributed by atoms with E-state index in [1.165, 1.54) is 31.5 Å². The van der Waals surface area contributed by atoms with Gasteiger partial charge in [0, 0.05) is 18.7 Å². The molecule has 1 unspecified atom stereocenters. The summed E-state index contributed by atoms with van der Waals surface area (Å²) in [5.74, 6) is 1.83. The van der Waals surface area contributed by atoms with Gasteiger partial charge in [-0.3, -0.25) is 4.90 Å². The molecule has 4 heteroatoms. The summed E-state index contributed by atoms with van der Waals surface area (Å²) in [6.45, 7) is 7.32. The van der Waals surface area contributed by atoms with Crippen molar-refractivity contribution in [1.29, 1.82) is 0 Å². The molecular formula is C16H27ClN2O. The van der Waals surface area contributed by atoms with E-state index in [0.717, 1.165) is 31.4 Å². The van der Waals surface area contributed by atoms with Crippen LogP contribution in [0.1, 0.15) is 25.3 Å². The first-order valence-electron chi connectivity index (χ1n) is 7.41. The minimum Gasteiger partial charge on any atom is -0.494 e. The molecule has 1 aliphatic heterocycles. The summed E-state index contributed by atoms with van der Waals surface area (Å²) in [5, 5.41) is 3.30. The Labute approximate surface area is 129 Å². The lowest BCUT2D eigenvalue weighted by atomic mass is 9.97. The predicted octanol–water partition coefficient (Wildman–Crippen LogP) is 2.94. The Morgan fingerprint density at radius 3 is 2.90 bits per heavy atom. The maximum absolute atomic E-state index is 5.71. The van der Waals surface area contributed by atoms with Crippen LogP contribution < -0.4 is 10.1 Å². The van der Waals surface area contributed by atoms with Crippen LogP contribution in [0.25, 0.3) is 0 Å². The van der Waals surface area contributed by atoms with Gasteiger partial charge in [-0.25, -0.2) is 0 Å². The molecule has 1 atom stereocenters. The van der Waals surface area contributed by atoms with Crippen molar-refractivity contribution in [2.45, 2.75) is 26.3 Å². The maximum Gasteiger partial charge on any atom is 0.123 e. The van der Waals surface area contributed by atoms with Crippen LogP contribution in [0.3, 0.4) is 0 Å². The molecule has 0 aliphatic carbocycles. The smallest absolute Gasteiger partial charge is 0.123 e. The second kappa shape index (κ2) is 9.22. The molecule has 1 fully saturated rings. The Kier molecular flexibility index (Phi) is 7.97. The van der Waals surface area contributed by atoms with Crippen LogP contribution in [-0.4, -0.2) is 38.2 Å². The highest BCUT2D eigenvalue weighted by Gasteiger charge is 2.20. The van der Waals surface area contributed by atoms with Gasteiger partial charge in [0.25, 0.3) is 0 Å². The number of rotatable bonds is 6. The molecule has 0 radical (unpaired) electrons. The van der Waals surface area contributed by atoms with Crippen molar-refractivity contribution in [3.8, 4) is 5.75 Å². The van der Waals surface area contributed by atoms with Crippen molar-refractivity contribution in [3.63, 3.8) is 0 Å². The fourth-order valence-electron chi connectivity index (χ4n) is 2.92. The number of likely N-dealkylation sites (tertiary alicyclic amines) is 1. The summed E-state index contributed by atoms with van der Waals surface area (Å²) < 4.78 is 5.71. The Bertz CT molecular complexity index is 384. The second-order valence-electron chi connectivity index (χ2n) is 5.34. The van der Waals surface area contributed by atoms with Gasteiger partial charge in [-0.15, -0.1) is 12.4 Å². The molecule has 1 aromatic carbocycles. The minimum atomic E-state index is 0. The van der Waals surface area contributed by atoms with Gasteiger partial charge in [0.15, 0.2) is 0 Å². The fraction of sp³-hybridized carbons (Fsp3) is 0.625. The number of benzene rings is 1. The SMILES string of the molecule is CCOc1ccccc1CN1CCCC(CNC)C1.Cl. The summed E-state index contributed by atoms with van der Waals surface area (Å²) in [6.07, 6.45) is 2.66. The Balaban J connectivity index is 0.00000200. The zero-order chi connectivity index (χ0) is 13.5. The number of hydrogen-bond donors (Lipinski definition) is 1. The molecule has 1 saturated heterocycles. The van der Waals surface area contributed by atoms with Crippen LogP contribution in [0.2, 0.25) is 0 Å². The van der Waals surface area contributed by atoms with Gasteiger partial charge in [-0.2, -0.15) is 0 Å². The van der Waals surface area contributed by atoms with Gasteiger partial charge in [0.05, 0.1) is 6.61 Å². The average Bonchev–Trinajstić information content (AvgIpc) is 2.42. The lowest BCUT2D eigenvalue weighted by Gasteiger charge is -2.33. The first-order chi connectivity index (χ1) is 9.33. The molecule has 1 heterocycles. The molecule has 114 valence electrons. The van der Waals surface area contributed by atoms with Crippen LogP contribution >= 0.6 is 12.4 Å². The lowest BCUT2D eigenvalue weighted by molar-refractivity contribution is 0.165. The van der Waals surface area contributed by atoms with Gasteiger partial charge in [-0.05, 0) is 51.9 Å². The van der Waals surface area contributed by atoms with Crippen molar-refractivity contribution in [1.82, 2.24) is 10.2 Å². The van der Waals surface area contributed by atoms with Crippen LogP contribution in [0.5, 0.6) is 5.75 Å². The number of nitrogens with zero attached hydrogens (tertiary/aromatic N) is 1. The van der Waals surface area contributed by atoms with Crippen molar-refractivity contribution < 1.29 is 4.74 Å². The first kappa shape index (κ1) is 17.3. The number of halogens is 1. The third-order valence-corrected chi connectivity index (χ3v) is 3.76. The monoisotopic (exact) mass is 298 g/mol. The predicted molar refractivity (Wildman–Crippen MR) is 86.8 cm³/mol. The quantitative estimate of drug-likeness (QED) is 0.874. The third-order valence-electron chi connectivity index (χ3n) is 3.76. The molecule has 0 bridgehead atoms. The fourth-order valence-corrected chi connectivity index (χ4v) is 2.92. The van der Waals surface area contributed by atoms with Crippen LogP contribution in [0.15, 0.2) is 24.3 Å². The van der Waals surface area contributed by atoms with Crippen molar-refractivity contribution in [2.75, 3.05) is 33.3 Å². The van der Waals surface area contributed by atoms with Gasteiger partial charge in [-0.1, -0.05) is 18.2 Å². The highest BCUT2D eigenvalue weighted by molar-refractivity contribution is 5.85. The third kappa shape index (κ3) is 4.97. The molecule has 1 aliphatic rings. The van der Waals surface area contributed by atoms with Crippen molar-refractivity contribution >= 4 is 12.4 Å². The van der Waals surface area contributed by atoms with Crippen LogP contribution in [-0.2, 0) is 6.54 Å². The van der Waals surface area contributed by atoms with E-state index >= 15 is 0 Å². The van der Waals surface area contributed by atoms with Crippen LogP contribution in [0, 0.1) is 5.92 Å². The van der Waals surface area contributed by atoms with Crippen molar-refractivity contribution in [3.05, 3.63) is 29.8 Å². The number of hydrogen-bond acceptors (Lipinski definition) is 3. The molecule has 1 aromatic rings.